The summed E-state index contributed by atoms with van der Waals surface area (Å²) in [6.45, 7) is 0. The van der Waals surface area contributed by atoms with Crippen LogP contribution in [0.15, 0.2) is 194 Å². The predicted octanol–water partition coefficient (Wildman–Crippen LogP) is 14.3. The van der Waals surface area contributed by atoms with Crippen molar-refractivity contribution < 1.29 is 0 Å². The van der Waals surface area contributed by atoms with Crippen molar-refractivity contribution in [3.05, 3.63) is 206 Å². The van der Waals surface area contributed by atoms with Gasteiger partial charge in [0.2, 0.25) is 0 Å². The molecule has 0 saturated carbocycles. The standard InChI is InChI=1S/C55H37N3/c1-4-14-45-36(10-1)13-9-19-46(45)37-20-26-40(27-21-37)53-33-54(41-28-22-39(23-29-41)52-35-56-34-44-12-3-6-16-48(44)52)58-55(57-53)42-30-24-38(25-31-42)51-32-43-11-2-5-15-47(43)49-17-7-8-18-50(49)51/h1-5,7-15,17-35H,6,16H2. The molecular formula is C55H37N3. The number of hydrogen-bond donors (Lipinski definition) is 0. The van der Waals surface area contributed by atoms with Crippen LogP contribution < -0.4 is 0 Å². The number of aromatic nitrogens is 3. The number of allylic oxidation sites excluding steroid dienone is 1. The van der Waals surface area contributed by atoms with Crippen molar-refractivity contribution in [2.75, 3.05) is 0 Å². The van der Waals surface area contributed by atoms with Crippen molar-refractivity contribution >= 4 is 38.4 Å². The molecule has 0 atom stereocenters. The first-order valence-electron chi connectivity index (χ1n) is 20.0. The maximum Gasteiger partial charge on any atom is 0.160 e. The summed E-state index contributed by atoms with van der Waals surface area (Å²) in [6, 6.07) is 63.1. The Morgan fingerprint density at radius 2 is 0.931 bits per heavy atom. The van der Waals surface area contributed by atoms with E-state index in [0.717, 1.165) is 46.5 Å². The lowest BCUT2D eigenvalue weighted by Crippen LogP contribution is -1.99. The SMILES string of the molecule is C1=Cc2cncc(-c3ccc(-c4cc(-c5ccc(-c6cccc7ccccc67)cc5)nc(-c5ccc(-c6cc7ccccc7c7ccccc67)cc5)n4)cc3)c2CC1. The van der Waals surface area contributed by atoms with Crippen molar-refractivity contribution in [2.45, 2.75) is 12.8 Å². The van der Waals surface area contributed by atoms with Gasteiger partial charge < -0.3 is 0 Å². The van der Waals surface area contributed by atoms with Crippen LogP contribution in [-0.2, 0) is 6.42 Å². The van der Waals surface area contributed by atoms with Crippen LogP contribution in [-0.4, -0.2) is 15.0 Å². The summed E-state index contributed by atoms with van der Waals surface area (Å²) in [7, 11) is 0. The second-order valence-electron chi connectivity index (χ2n) is 15.1. The van der Waals surface area contributed by atoms with E-state index in [1.807, 2.05) is 12.4 Å². The van der Waals surface area contributed by atoms with E-state index in [-0.39, 0.29) is 0 Å². The number of fused-ring (bicyclic) bond motifs is 5. The summed E-state index contributed by atoms with van der Waals surface area (Å²) < 4.78 is 0. The predicted molar refractivity (Wildman–Crippen MR) is 242 cm³/mol. The van der Waals surface area contributed by atoms with Crippen LogP contribution in [0.1, 0.15) is 17.5 Å². The number of benzene rings is 8. The third kappa shape index (κ3) is 6.05. The first-order chi connectivity index (χ1) is 28.7. The molecule has 1 aliphatic rings. The highest BCUT2D eigenvalue weighted by Gasteiger charge is 2.16. The highest BCUT2D eigenvalue weighted by Crippen LogP contribution is 2.37. The van der Waals surface area contributed by atoms with Gasteiger partial charge in [-0.2, -0.15) is 0 Å². The van der Waals surface area contributed by atoms with Gasteiger partial charge in [0.15, 0.2) is 5.82 Å². The molecule has 0 aliphatic heterocycles. The fraction of sp³-hybridized carbons (Fsp3) is 0.0364. The van der Waals surface area contributed by atoms with Crippen LogP contribution in [0.2, 0.25) is 0 Å². The van der Waals surface area contributed by atoms with Crippen molar-refractivity contribution in [1.29, 1.82) is 0 Å². The topological polar surface area (TPSA) is 38.7 Å². The first kappa shape index (κ1) is 33.8. The molecule has 0 saturated heterocycles. The van der Waals surface area contributed by atoms with E-state index in [0.29, 0.717) is 5.82 Å². The molecule has 0 bridgehead atoms. The summed E-state index contributed by atoms with van der Waals surface area (Å²) in [6.07, 6.45) is 10.5. The minimum absolute atomic E-state index is 0.692. The van der Waals surface area contributed by atoms with Gasteiger partial charge in [-0.1, -0.05) is 176 Å². The number of pyridine rings is 1. The van der Waals surface area contributed by atoms with Gasteiger partial charge in [-0.15, -0.1) is 0 Å². The van der Waals surface area contributed by atoms with Gasteiger partial charge in [-0.25, -0.2) is 9.97 Å². The Bertz CT molecular complexity index is 3190. The summed E-state index contributed by atoms with van der Waals surface area (Å²) in [5.74, 6) is 0.692. The Balaban J connectivity index is 1.00. The summed E-state index contributed by atoms with van der Waals surface area (Å²) in [5.41, 5.74) is 14.5. The molecule has 272 valence electrons. The molecule has 0 radical (unpaired) electrons. The van der Waals surface area contributed by atoms with Gasteiger partial charge in [0.1, 0.15) is 0 Å². The summed E-state index contributed by atoms with van der Waals surface area (Å²) >= 11 is 0. The maximum absolute atomic E-state index is 5.23. The molecule has 2 heterocycles. The van der Waals surface area contributed by atoms with Crippen LogP contribution in [0.25, 0.3) is 106 Å². The Morgan fingerprint density at radius 3 is 1.66 bits per heavy atom. The fourth-order valence-electron chi connectivity index (χ4n) is 8.70. The minimum Gasteiger partial charge on any atom is -0.263 e. The van der Waals surface area contributed by atoms with Crippen molar-refractivity contribution in [3.8, 4) is 67.3 Å². The van der Waals surface area contributed by atoms with Crippen LogP contribution in [0.3, 0.4) is 0 Å². The van der Waals surface area contributed by atoms with Crippen LogP contribution >= 0.6 is 0 Å². The van der Waals surface area contributed by atoms with Gasteiger partial charge in [-0.05, 0) is 96.2 Å². The molecule has 11 rings (SSSR count). The fourth-order valence-corrected chi connectivity index (χ4v) is 8.70. The Kier molecular flexibility index (Phi) is 8.29. The molecule has 8 aromatic carbocycles. The zero-order valence-electron chi connectivity index (χ0n) is 31.8. The molecule has 0 unspecified atom stereocenters. The highest BCUT2D eigenvalue weighted by atomic mass is 14.9. The lowest BCUT2D eigenvalue weighted by Gasteiger charge is -2.15. The Hall–Kier alpha value is -7.49. The lowest BCUT2D eigenvalue weighted by atomic mass is 9.91. The van der Waals surface area contributed by atoms with E-state index >= 15 is 0 Å². The van der Waals surface area contributed by atoms with Crippen molar-refractivity contribution in [1.82, 2.24) is 15.0 Å². The van der Waals surface area contributed by atoms with Gasteiger partial charge in [0.05, 0.1) is 11.4 Å². The molecule has 0 fully saturated rings. The minimum atomic E-state index is 0.692. The van der Waals surface area contributed by atoms with E-state index < -0.39 is 0 Å². The van der Waals surface area contributed by atoms with Crippen LogP contribution in [0.4, 0.5) is 0 Å². The lowest BCUT2D eigenvalue weighted by molar-refractivity contribution is 0.979. The number of rotatable bonds is 6. The maximum atomic E-state index is 5.23. The molecule has 0 amide bonds. The second kappa shape index (κ2) is 14.2. The van der Waals surface area contributed by atoms with Crippen molar-refractivity contribution in [2.24, 2.45) is 0 Å². The number of nitrogens with zero attached hydrogens (tertiary/aromatic N) is 3. The van der Waals surface area contributed by atoms with E-state index in [2.05, 4.69) is 193 Å². The average Bonchev–Trinajstić information content (AvgIpc) is 3.31. The smallest absolute Gasteiger partial charge is 0.160 e. The third-order valence-electron chi connectivity index (χ3n) is 11.7. The molecule has 58 heavy (non-hydrogen) atoms. The van der Waals surface area contributed by atoms with E-state index in [1.165, 1.54) is 71.3 Å². The molecule has 3 nitrogen and oxygen atoms in total. The zero-order valence-corrected chi connectivity index (χ0v) is 31.8. The third-order valence-corrected chi connectivity index (χ3v) is 11.7. The molecule has 10 aromatic rings. The molecule has 3 heteroatoms. The monoisotopic (exact) mass is 739 g/mol. The van der Waals surface area contributed by atoms with E-state index in [1.54, 1.807) is 0 Å². The van der Waals surface area contributed by atoms with E-state index in [9.17, 15) is 0 Å². The first-order valence-corrected chi connectivity index (χ1v) is 20.0. The molecule has 0 N–H and O–H groups in total. The van der Waals surface area contributed by atoms with Gasteiger partial charge in [0, 0.05) is 34.6 Å². The van der Waals surface area contributed by atoms with Crippen molar-refractivity contribution in [3.63, 3.8) is 0 Å². The number of hydrogen-bond acceptors (Lipinski definition) is 3. The average molecular weight is 740 g/mol. The molecule has 2 aromatic heterocycles. The largest absolute Gasteiger partial charge is 0.263 e. The van der Waals surface area contributed by atoms with Gasteiger partial charge in [0.25, 0.3) is 0 Å². The second-order valence-corrected chi connectivity index (χ2v) is 15.1. The summed E-state index contributed by atoms with van der Waals surface area (Å²) in [5, 5.41) is 7.49. The Morgan fingerprint density at radius 1 is 0.379 bits per heavy atom. The molecule has 0 spiro atoms. The zero-order chi connectivity index (χ0) is 38.4. The van der Waals surface area contributed by atoms with Crippen LogP contribution in [0, 0.1) is 0 Å². The van der Waals surface area contributed by atoms with Gasteiger partial charge >= 0.3 is 0 Å². The quantitative estimate of drug-likeness (QED) is 0.159. The highest BCUT2D eigenvalue weighted by molar-refractivity contribution is 6.13. The van der Waals surface area contributed by atoms with Gasteiger partial charge in [-0.3, -0.25) is 4.98 Å². The normalized spacial score (nSPS) is 12.3. The summed E-state index contributed by atoms with van der Waals surface area (Å²) in [4.78, 5) is 15.0. The Labute approximate surface area is 337 Å². The van der Waals surface area contributed by atoms with E-state index in [4.69, 9.17) is 9.97 Å². The molecular weight excluding hydrogens is 703 g/mol. The molecule has 1 aliphatic carbocycles. The van der Waals surface area contributed by atoms with Crippen LogP contribution in [0.5, 0.6) is 0 Å².